The summed E-state index contributed by atoms with van der Waals surface area (Å²) in [7, 11) is -3.31. The molecule has 0 atom stereocenters. The largest absolute Gasteiger partial charge is 0.451 e. The van der Waals surface area contributed by atoms with Crippen LogP contribution in [0.15, 0.2) is 59.0 Å². The molecule has 0 aliphatic carbocycles. The molecule has 30 heavy (non-hydrogen) atoms. The number of furan rings is 1. The highest BCUT2D eigenvalue weighted by Crippen LogP contribution is 2.29. The third-order valence-corrected chi connectivity index (χ3v) is 6.24. The molecular weight excluding hydrogens is 400 g/mol. The van der Waals surface area contributed by atoms with Crippen molar-refractivity contribution in [3.8, 4) is 0 Å². The van der Waals surface area contributed by atoms with E-state index < -0.39 is 9.84 Å². The summed E-state index contributed by atoms with van der Waals surface area (Å²) >= 11 is 0. The predicted molar refractivity (Wildman–Crippen MR) is 117 cm³/mol. The van der Waals surface area contributed by atoms with Crippen LogP contribution in [0.4, 0.5) is 0 Å². The molecule has 6 nitrogen and oxygen atoms in total. The minimum atomic E-state index is -3.31. The predicted octanol–water partition coefficient (Wildman–Crippen LogP) is 3.33. The van der Waals surface area contributed by atoms with Gasteiger partial charge in [-0.3, -0.25) is 9.69 Å². The first-order valence-corrected chi connectivity index (χ1v) is 12.2. The van der Waals surface area contributed by atoms with E-state index in [1.165, 1.54) is 11.8 Å². The van der Waals surface area contributed by atoms with Crippen molar-refractivity contribution < 1.29 is 17.6 Å². The van der Waals surface area contributed by atoms with Crippen LogP contribution in [0.25, 0.3) is 11.0 Å². The summed E-state index contributed by atoms with van der Waals surface area (Å²) in [6.07, 6.45) is 2.04. The van der Waals surface area contributed by atoms with Gasteiger partial charge in [-0.1, -0.05) is 48.5 Å². The van der Waals surface area contributed by atoms with E-state index in [-0.39, 0.29) is 17.4 Å². The molecule has 7 heteroatoms. The molecule has 0 saturated carbocycles. The highest BCUT2D eigenvalue weighted by atomic mass is 32.2. The quantitative estimate of drug-likeness (QED) is 0.626. The molecule has 0 radical (unpaired) electrons. The van der Waals surface area contributed by atoms with Crippen LogP contribution in [0.3, 0.4) is 0 Å². The summed E-state index contributed by atoms with van der Waals surface area (Å²) in [6.45, 7) is 3.74. The molecule has 0 spiro atoms. The number of hydrogen-bond acceptors (Lipinski definition) is 5. The summed E-state index contributed by atoms with van der Waals surface area (Å²) in [4.78, 5) is 17.4. The van der Waals surface area contributed by atoms with Crippen molar-refractivity contribution in [2.45, 2.75) is 18.7 Å². The molecule has 3 aromatic rings. The fraction of sp³-hybridized carbons (Fsp3) is 0.348. The standard InChI is InChI=1S/C23H26N2O4S/c1-30(27,28)17-20-19-10-5-6-11-21(19)29-22(20)23(26)25-13-7-12-24(14-15-25)16-18-8-3-2-4-9-18/h2-6,8-11H,7,12-17H2,1H3. The third-order valence-electron chi connectivity index (χ3n) is 5.42. The lowest BCUT2D eigenvalue weighted by molar-refractivity contribution is 0.0730. The monoisotopic (exact) mass is 426 g/mol. The lowest BCUT2D eigenvalue weighted by Gasteiger charge is -2.21. The normalized spacial score (nSPS) is 16.0. The Bertz CT molecular complexity index is 1140. The number of para-hydroxylation sites is 1. The van der Waals surface area contributed by atoms with Gasteiger partial charge in [0.1, 0.15) is 5.58 Å². The van der Waals surface area contributed by atoms with Crippen LogP contribution in [0, 0.1) is 0 Å². The minimum Gasteiger partial charge on any atom is -0.451 e. The molecule has 2 heterocycles. The Labute approximate surface area is 177 Å². The highest BCUT2D eigenvalue weighted by Gasteiger charge is 2.28. The fourth-order valence-corrected chi connectivity index (χ4v) is 4.81. The first-order valence-electron chi connectivity index (χ1n) is 10.1. The Kier molecular flexibility index (Phi) is 5.92. The third kappa shape index (κ3) is 4.74. The molecule has 1 aromatic heterocycles. The maximum Gasteiger partial charge on any atom is 0.289 e. The van der Waals surface area contributed by atoms with Gasteiger partial charge in [-0.2, -0.15) is 0 Å². The van der Waals surface area contributed by atoms with Gasteiger partial charge in [-0.15, -0.1) is 0 Å². The lowest BCUT2D eigenvalue weighted by atomic mass is 10.1. The molecule has 0 bridgehead atoms. The van der Waals surface area contributed by atoms with Gasteiger partial charge in [0.15, 0.2) is 15.6 Å². The lowest BCUT2D eigenvalue weighted by Crippen LogP contribution is -2.35. The second-order valence-corrected chi connectivity index (χ2v) is 10.0. The van der Waals surface area contributed by atoms with Gasteiger partial charge in [0.2, 0.25) is 0 Å². The number of benzene rings is 2. The van der Waals surface area contributed by atoms with Crippen LogP contribution < -0.4 is 0 Å². The van der Waals surface area contributed by atoms with E-state index in [4.69, 9.17) is 4.42 Å². The maximum atomic E-state index is 13.3. The van der Waals surface area contributed by atoms with E-state index in [1.807, 2.05) is 30.3 Å². The van der Waals surface area contributed by atoms with Crippen LogP contribution in [0.2, 0.25) is 0 Å². The average Bonchev–Trinajstić information content (AvgIpc) is 2.90. The minimum absolute atomic E-state index is 0.151. The second-order valence-electron chi connectivity index (χ2n) is 7.88. The number of carbonyl (C=O) groups excluding carboxylic acids is 1. The summed E-state index contributed by atoms with van der Waals surface area (Å²) in [5.74, 6) is -0.288. The SMILES string of the molecule is CS(=O)(=O)Cc1c(C(=O)N2CCCN(Cc3ccccc3)CC2)oc2ccccc12. The van der Waals surface area contributed by atoms with Gasteiger partial charge in [-0.05, 0) is 18.1 Å². The number of sulfone groups is 1. The number of nitrogens with zero attached hydrogens (tertiary/aromatic N) is 2. The van der Waals surface area contributed by atoms with E-state index in [1.54, 1.807) is 17.0 Å². The van der Waals surface area contributed by atoms with Crippen molar-refractivity contribution in [2.75, 3.05) is 32.4 Å². The van der Waals surface area contributed by atoms with Crippen molar-refractivity contribution in [1.29, 1.82) is 0 Å². The molecule has 1 aliphatic rings. The Balaban J connectivity index is 1.54. The zero-order valence-corrected chi connectivity index (χ0v) is 17.9. The number of fused-ring (bicyclic) bond motifs is 1. The Morgan fingerprint density at radius 1 is 0.967 bits per heavy atom. The molecule has 0 unspecified atom stereocenters. The van der Waals surface area contributed by atoms with Crippen molar-refractivity contribution in [1.82, 2.24) is 9.80 Å². The van der Waals surface area contributed by atoms with E-state index in [9.17, 15) is 13.2 Å². The van der Waals surface area contributed by atoms with Gasteiger partial charge in [0.25, 0.3) is 5.91 Å². The maximum absolute atomic E-state index is 13.3. The zero-order chi connectivity index (χ0) is 21.1. The van der Waals surface area contributed by atoms with E-state index in [2.05, 4.69) is 17.0 Å². The van der Waals surface area contributed by atoms with Crippen molar-refractivity contribution >= 4 is 26.7 Å². The van der Waals surface area contributed by atoms with Gasteiger partial charge in [-0.25, -0.2) is 8.42 Å². The van der Waals surface area contributed by atoms with Crippen LogP contribution in [0.1, 0.15) is 28.1 Å². The molecule has 0 N–H and O–H groups in total. The van der Waals surface area contributed by atoms with E-state index in [0.717, 1.165) is 26.1 Å². The Morgan fingerprint density at radius 3 is 2.47 bits per heavy atom. The summed E-state index contributed by atoms with van der Waals surface area (Å²) in [6, 6.07) is 17.5. The van der Waals surface area contributed by atoms with Crippen LogP contribution >= 0.6 is 0 Å². The van der Waals surface area contributed by atoms with Gasteiger partial charge in [0, 0.05) is 49.9 Å². The summed E-state index contributed by atoms with van der Waals surface area (Å²) < 4.78 is 29.8. The number of carbonyl (C=O) groups is 1. The Morgan fingerprint density at radius 2 is 1.70 bits per heavy atom. The van der Waals surface area contributed by atoms with Gasteiger partial charge in [0.05, 0.1) is 5.75 Å². The molecule has 4 rings (SSSR count). The molecule has 1 fully saturated rings. The molecular formula is C23H26N2O4S. The van der Waals surface area contributed by atoms with Crippen LogP contribution in [0.5, 0.6) is 0 Å². The van der Waals surface area contributed by atoms with Crippen LogP contribution in [-0.2, 0) is 22.1 Å². The fourth-order valence-electron chi connectivity index (χ4n) is 3.99. The second kappa shape index (κ2) is 8.62. The number of hydrogen-bond donors (Lipinski definition) is 0. The topological polar surface area (TPSA) is 70.8 Å². The Hall–Kier alpha value is -2.64. The van der Waals surface area contributed by atoms with Crippen LogP contribution in [-0.4, -0.2) is 56.6 Å². The molecule has 1 saturated heterocycles. The van der Waals surface area contributed by atoms with Crippen molar-refractivity contribution in [2.24, 2.45) is 0 Å². The number of rotatable bonds is 5. The number of amides is 1. The average molecular weight is 427 g/mol. The first-order chi connectivity index (χ1) is 14.4. The van der Waals surface area contributed by atoms with E-state index in [0.29, 0.717) is 29.6 Å². The molecule has 1 amide bonds. The van der Waals surface area contributed by atoms with Crippen molar-refractivity contribution in [3.05, 3.63) is 71.5 Å². The molecule has 158 valence electrons. The highest BCUT2D eigenvalue weighted by molar-refractivity contribution is 7.89. The van der Waals surface area contributed by atoms with E-state index >= 15 is 0 Å². The van der Waals surface area contributed by atoms with Gasteiger partial charge >= 0.3 is 0 Å². The smallest absolute Gasteiger partial charge is 0.289 e. The molecule has 1 aliphatic heterocycles. The summed E-state index contributed by atoms with van der Waals surface area (Å²) in [5, 5.41) is 0.687. The molecule has 2 aromatic carbocycles. The first kappa shape index (κ1) is 20.6. The van der Waals surface area contributed by atoms with Crippen molar-refractivity contribution in [3.63, 3.8) is 0 Å². The summed E-state index contributed by atoms with van der Waals surface area (Å²) in [5.41, 5.74) is 2.26. The van der Waals surface area contributed by atoms with Gasteiger partial charge < -0.3 is 9.32 Å². The zero-order valence-electron chi connectivity index (χ0n) is 17.1.